The van der Waals surface area contributed by atoms with E-state index in [4.69, 9.17) is 0 Å². The summed E-state index contributed by atoms with van der Waals surface area (Å²) in [6.07, 6.45) is 0.498. The van der Waals surface area contributed by atoms with E-state index in [1.54, 1.807) is 37.3 Å². The van der Waals surface area contributed by atoms with Crippen molar-refractivity contribution >= 4 is 33.0 Å². The number of halogens is 1. The summed E-state index contributed by atoms with van der Waals surface area (Å²) in [5.74, 6) is -0.643. The number of hydrogen-bond acceptors (Lipinski definition) is 6. The molecule has 1 fully saturated rings. The summed E-state index contributed by atoms with van der Waals surface area (Å²) in [6.45, 7) is 3.99. The van der Waals surface area contributed by atoms with Gasteiger partial charge in [0.15, 0.2) is 0 Å². The number of nitrogens with one attached hydrogen (secondary N) is 1. The van der Waals surface area contributed by atoms with Crippen molar-refractivity contribution in [2.45, 2.75) is 18.2 Å². The number of hydrogen-bond donors (Lipinski definition) is 1. The van der Waals surface area contributed by atoms with Crippen LogP contribution in [0.3, 0.4) is 0 Å². The van der Waals surface area contributed by atoms with Gasteiger partial charge in [-0.05, 0) is 49.9 Å². The summed E-state index contributed by atoms with van der Waals surface area (Å²) in [7, 11) is -1.67. The van der Waals surface area contributed by atoms with E-state index >= 15 is 0 Å². The molecule has 1 aliphatic rings. The number of nitrogens with zero attached hydrogens (tertiary/aromatic N) is 3. The van der Waals surface area contributed by atoms with Crippen molar-refractivity contribution in [3.05, 3.63) is 75.5 Å². The van der Waals surface area contributed by atoms with Crippen LogP contribution in [0.15, 0.2) is 53.4 Å². The normalized spacial score (nSPS) is 15.5. The zero-order valence-corrected chi connectivity index (χ0v) is 20.0. The summed E-state index contributed by atoms with van der Waals surface area (Å²) >= 11 is 1.27. The van der Waals surface area contributed by atoms with Crippen molar-refractivity contribution in [1.29, 1.82) is 0 Å². The van der Waals surface area contributed by atoms with Crippen LogP contribution in [0.25, 0.3) is 0 Å². The first-order chi connectivity index (χ1) is 15.7. The Balaban J connectivity index is 1.48. The lowest BCUT2D eigenvalue weighted by Gasteiger charge is -2.31. The Morgan fingerprint density at radius 3 is 2.52 bits per heavy atom. The highest BCUT2D eigenvalue weighted by Gasteiger charge is 2.27. The summed E-state index contributed by atoms with van der Waals surface area (Å²) in [5, 5.41) is 3.54. The molecule has 0 spiro atoms. The third kappa shape index (κ3) is 5.47. The number of aryl methyl sites for hydroxylation is 1. The molecule has 0 radical (unpaired) electrons. The second-order valence-corrected chi connectivity index (χ2v) is 11.0. The van der Waals surface area contributed by atoms with E-state index in [0.717, 1.165) is 10.6 Å². The number of aromatic nitrogens is 1. The lowest BCUT2D eigenvalue weighted by Crippen LogP contribution is -2.47. The second kappa shape index (κ2) is 9.68. The molecular formula is C23H25FN4O3S2. The Morgan fingerprint density at radius 2 is 1.82 bits per heavy atom. The van der Waals surface area contributed by atoms with Gasteiger partial charge in [0.2, 0.25) is 10.0 Å². The van der Waals surface area contributed by atoms with E-state index in [9.17, 15) is 17.6 Å². The summed E-state index contributed by atoms with van der Waals surface area (Å²) in [5.41, 5.74) is 1.90. The first kappa shape index (κ1) is 23.5. The number of rotatable bonds is 6. The van der Waals surface area contributed by atoms with Gasteiger partial charge in [-0.3, -0.25) is 4.79 Å². The van der Waals surface area contributed by atoms with Crippen LogP contribution in [0.2, 0.25) is 0 Å². The summed E-state index contributed by atoms with van der Waals surface area (Å²) in [4.78, 5) is 20.1. The maximum absolute atomic E-state index is 13.1. The highest BCUT2D eigenvalue weighted by Crippen LogP contribution is 2.24. The predicted octanol–water partition coefficient (Wildman–Crippen LogP) is 3.37. The standard InChI is InChI=1S/C23H25FN4O3S2/c1-16-22(32-21(25-16)14-17-6-8-18(24)9-7-17)23(29)26-19-4-3-5-20(15-19)33(30,31)28-12-10-27(2)11-13-28/h3-9,15H,10-14H2,1-2H3,(H,26,29). The van der Waals surface area contributed by atoms with Gasteiger partial charge in [0, 0.05) is 38.3 Å². The number of piperazine rings is 1. The minimum atomic E-state index is -3.63. The zero-order chi connectivity index (χ0) is 23.6. The van der Waals surface area contributed by atoms with Crippen LogP contribution in [0.5, 0.6) is 0 Å². The van der Waals surface area contributed by atoms with Gasteiger partial charge < -0.3 is 10.2 Å². The summed E-state index contributed by atoms with van der Waals surface area (Å²) in [6, 6.07) is 12.5. The quantitative estimate of drug-likeness (QED) is 0.575. The van der Waals surface area contributed by atoms with Crippen LogP contribution in [0.1, 0.15) is 25.9 Å². The average molecular weight is 489 g/mol. The molecule has 4 rings (SSSR count). The Bertz CT molecular complexity index is 1250. The van der Waals surface area contributed by atoms with Crippen LogP contribution >= 0.6 is 11.3 Å². The van der Waals surface area contributed by atoms with Crippen molar-refractivity contribution in [3.63, 3.8) is 0 Å². The van der Waals surface area contributed by atoms with Gasteiger partial charge in [-0.25, -0.2) is 17.8 Å². The van der Waals surface area contributed by atoms with E-state index in [1.165, 1.54) is 33.8 Å². The van der Waals surface area contributed by atoms with E-state index in [-0.39, 0.29) is 16.6 Å². The molecule has 1 saturated heterocycles. The first-order valence-corrected chi connectivity index (χ1v) is 12.8. The maximum atomic E-state index is 13.1. The van der Waals surface area contributed by atoms with Gasteiger partial charge in [0.25, 0.3) is 5.91 Å². The Kier molecular flexibility index (Phi) is 6.89. The van der Waals surface area contributed by atoms with Gasteiger partial charge in [-0.1, -0.05) is 18.2 Å². The van der Waals surface area contributed by atoms with Crippen molar-refractivity contribution in [2.75, 3.05) is 38.5 Å². The molecule has 3 aromatic rings. The fourth-order valence-electron chi connectivity index (χ4n) is 3.62. The van der Waals surface area contributed by atoms with Crippen molar-refractivity contribution in [2.24, 2.45) is 0 Å². The average Bonchev–Trinajstić information content (AvgIpc) is 3.16. The van der Waals surface area contributed by atoms with Crippen molar-refractivity contribution in [3.8, 4) is 0 Å². The van der Waals surface area contributed by atoms with Crippen molar-refractivity contribution in [1.82, 2.24) is 14.2 Å². The predicted molar refractivity (Wildman–Crippen MR) is 127 cm³/mol. The highest BCUT2D eigenvalue weighted by atomic mass is 32.2. The molecule has 33 heavy (non-hydrogen) atoms. The Hall–Kier alpha value is -2.66. The molecule has 1 aromatic heterocycles. The van der Waals surface area contributed by atoms with E-state index in [2.05, 4.69) is 15.2 Å². The van der Waals surface area contributed by atoms with Crippen LogP contribution in [-0.2, 0) is 16.4 Å². The SMILES string of the molecule is Cc1nc(Cc2ccc(F)cc2)sc1C(=O)Nc1cccc(S(=O)(=O)N2CCN(C)CC2)c1. The van der Waals surface area contributed by atoms with Crippen LogP contribution in [-0.4, -0.2) is 61.7 Å². The molecule has 7 nitrogen and oxygen atoms in total. The molecule has 1 amide bonds. The number of thiazole rings is 1. The fourth-order valence-corrected chi connectivity index (χ4v) is 6.08. The second-order valence-electron chi connectivity index (χ2n) is 8.01. The molecule has 2 heterocycles. The number of benzene rings is 2. The number of amides is 1. The third-order valence-electron chi connectivity index (χ3n) is 5.51. The van der Waals surface area contributed by atoms with E-state index in [0.29, 0.717) is 48.9 Å². The molecule has 0 unspecified atom stereocenters. The monoisotopic (exact) mass is 488 g/mol. The Morgan fingerprint density at radius 1 is 1.12 bits per heavy atom. The molecule has 1 aliphatic heterocycles. The fraction of sp³-hybridized carbons (Fsp3) is 0.304. The zero-order valence-electron chi connectivity index (χ0n) is 18.4. The van der Waals surface area contributed by atoms with Gasteiger partial charge in [-0.2, -0.15) is 4.31 Å². The maximum Gasteiger partial charge on any atom is 0.267 e. The number of sulfonamides is 1. The highest BCUT2D eigenvalue weighted by molar-refractivity contribution is 7.89. The molecule has 0 aliphatic carbocycles. The number of likely N-dealkylation sites (N-methyl/N-ethyl adjacent to an activating group) is 1. The number of anilines is 1. The third-order valence-corrected chi connectivity index (χ3v) is 8.56. The van der Waals surface area contributed by atoms with Gasteiger partial charge in [0.1, 0.15) is 10.7 Å². The first-order valence-electron chi connectivity index (χ1n) is 10.5. The molecule has 1 N–H and O–H groups in total. The number of carbonyl (C=O) groups is 1. The van der Waals surface area contributed by atoms with E-state index in [1.807, 2.05) is 7.05 Å². The smallest absolute Gasteiger partial charge is 0.267 e. The van der Waals surface area contributed by atoms with Crippen molar-refractivity contribution < 1.29 is 17.6 Å². The van der Waals surface area contributed by atoms with E-state index < -0.39 is 10.0 Å². The molecule has 174 valence electrons. The van der Waals surface area contributed by atoms with Crippen LogP contribution in [0, 0.1) is 12.7 Å². The minimum absolute atomic E-state index is 0.155. The number of carbonyl (C=O) groups excluding carboxylic acids is 1. The molecule has 2 aromatic carbocycles. The lowest BCUT2D eigenvalue weighted by molar-refractivity contribution is 0.102. The molecule has 0 atom stereocenters. The lowest BCUT2D eigenvalue weighted by atomic mass is 10.1. The van der Waals surface area contributed by atoms with Crippen LogP contribution in [0.4, 0.5) is 10.1 Å². The minimum Gasteiger partial charge on any atom is -0.321 e. The van der Waals surface area contributed by atoms with Crippen LogP contribution < -0.4 is 5.32 Å². The topological polar surface area (TPSA) is 82.6 Å². The molecule has 10 heteroatoms. The molecule has 0 saturated carbocycles. The van der Waals surface area contributed by atoms with Gasteiger partial charge in [-0.15, -0.1) is 11.3 Å². The Labute approximate surface area is 196 Å². The summed E-state index contributed by atoms with van der Waals surface area (Å²) < 4.78 is 40.6. The van der Waals surface area contributed by atoms with Gasteiger partial charge in [0.05, 0.1) is 15.6 Å². The largest absolute Gasteiger partial charge is 0.321 e. The van der Waals surface area contributed by atoms with Gasteiger partial charge >= 0.3 is 0 Å². The molecule has 0 bridgehead atoms. The molecular weight excluding hydrogens is 463 g/mol.